The summed E-state index contributed by atoms with van der Waals surface area (Å²) in [6.07, 6.45) is -1.71. The minimum Gasteiger partial charge on any atom is -0.394 e. The highest BCUT2D eigenvalue weighted by molar-refractivity contribution is 4.96. The maximum Gasteiger partial charge on any atom is 0.187 e. The van der Waals surface area contributed by atoms with E-state index in [0.29, 0.717) is 36.9 Å². The summed E-state index contributed by atoms with van der Waals surface area (Å²) >= 11 is 0. The first-order chi connectivity index (χ1) is 37.6. The second-order valence-electron chi connectivity index (χ2n) is 25.8. The van der Waals surface area contributed by atoms with Crippen molar-refractivity contribution in [3.05, 3.63) is 0 Å². The molecule has 10 N–H and O–H groups in total. The van der Waals surface area contributed by atoms with Crippen molar-refractivity contribution >= 4 is 0 Å². The fourth-order valence-corrected chi connectivity index (χ4v) is 11.3. The van der Waals surface area contributed by atoms with E-state index in [9.17, 15) is 51.1 Å². The molecule has 3 aliphatic rings. The van der Waals surface area contributed by atoms with Crippen molar-refractivity contribution in [2.75, 3.05) is 46.2 Å². The maximum absolute atomic E-state index is 11.5. The lowest BCUT2D eigenvalue weighted by atomic mass is 9.91. The normalized spacial score (nSPS) is 32.5. The summed E-state index contributed by atoms with van der Waals surface area (Å²) in [6, 6.07) is 0. The van der Waals surface area contributed by atoms with Gasteiger partial charge in [0, 0.05) is 13.2 Å². The van der Waals surface area contributed by atoms with E-state index in [-0.39, 0.29) is 13.2 Å². The molecule has 18 nitrogen and oxygen atoms in total. The zero-order chi connectivity index (χ0) is 58.6. The Morgan fingerprint density at radius 2 is 0.671 bits per heavy atom. The molecule has 0 aromatic heterocycles. The van der Waals surface area contributed by atoms with Crippen LogP contribution < -0.4 is 0 Å². The molecule has 0 aromatic rings. The molecule has 470 valence electrons. The average molecular weight is 1140 g/mol. The fourth-order valence-electron chi connectivity index (χ4n) is 11.3. The van der Waals surface area contributed by atoms with Gasteiger partial charge in [0.2, 0.25) is 0 Å². The molecular formula is C61H118O18. The highest BCUT2D eigenvalue weighted by Crippen LogP contribution is 2.34. The second kappa shape index (κ2) is 39.8. The van der Waals surface area contributed by atoms with Gasteiger partial charge in [0.25, 0.3) is 0 Å². The first kappa shape index (κ1) is 72.5. The van der Waals surface area contributed by atoms with Crippen LogP contribution in [-0.2, 0) is 37.9 Å². The van der Waals surface area contributed by atoms with E-state index in [2.05, 4.69) is 69.2 Å². The van der Waals surface area contributed by atoms with Crippen LogP contribution in [0.3, 0.4) is 0 Å². The second-order valence-corrected chi connectivity index (χ2v) is 25.8. The Kier molecular flexibility index (Phi) is 36.6. The van der Waals surface area contributed by atoms with E-state index in [1.807, 2.05) is 0 Å². The number of hydrogen-bond acceptors (Lipinski definition) is 18. The van der Waals surface area contributed by atoms with Crippen molar-refractivity contribution in [2.45, 2.75) is 296 Å². The van der Waals surface area contributed by atoms with E-state index < -0.39 is 118 Å². The molecule has 0 radical (unpaired) electrons. The minimum atomic E-state index is -1.91. The van der Waals surface area contributed by atoms with Gasteiger partial charge in [-0.05, 0) is 60.2 Å². The molecule has 3 saturated heterocycles. The van der Waals surface area contributed by atoms with Crippen LogP contribution in [0.2, 0.25) is 0 Å². The fraction of sp³-hybridized carbons (Fsp3) is 1.00. The predicted octanol–water partition coefficient (Wildman–Crippen LogP) is 6.78. The summed E-state index contributed by atoms with van der Waals surface area (Å²) < 4.78 is 48.4. The SMILES string of the molecule is CC(C)CCCC(C)CCCC(C)CCCC(C)CCOCC(CO[C@H]1O[C@H](CO)[C@@H](O)[C@H](O)[C@@H]1O[C@H]1O[C@H](CO)[C@@H](O)[C@H](O)[C@@H]1O[C@H]1O[C@H](CO)[C@@H](O)[C@H](O)[C@@H]1O)OCCC(C)CCCC(C)CCCC(C)CCCC(C)C. The number of aliphatic hydroxyl groups excluding tert-OH is 10. The third kappa shape index (κ3) is 27.0. The summed E-state index contributed by atoms with van der Waals surface area (Å²) in [5.41, 5.74) is 0. The van der Waals surface area contributed by atoms with Crippen LogP contribution in [0.15, 0.2) is 0 Å². The van der Waals surface area contributed by atoms with Gasteiger partial charge in [-0.1, -0.05) is 185 Å². The average Bonchev–Trinajstić information content (AvgIpc) is 3.42. The Hall–Kier alpha value is -0.720. The van der Waals surface area contributed by atoms with E-state index in [4.69, 9.17) is 37.9 Å². The van der Waals surface area contributed by atoms with Crippen LogP contribution in [0, 0.1) is 47.3 Å². The molecule has 3 rings (SSSR count). The summed E-state index contributed by atoms with van der Waals surface area (Å²) in [5.74, 6) is 5.39. The van der Waals surface area contributed by atoms with Crippen LogP contribution >= 0.6 is 0 Å². The summed E-state index contributed by atoms with van der Waals surface area (Å²) in [6.45, 7) is 22.0. The summed E-state index contributed by atoms with van der Waals surface area (Å²) in [4.78, 5) is 0. The standard InChI is InChI=1S/C61H118O18/c1-38(2)17-11-19-40(5)21-13-23-42(7)25-15-27-44(9)29-31-72-36-46(73-32-30-45(10)28-16-26-43(8)24-14-22-41(6)20-12-18-39(3)4)37-74-60-57(54(69)51(66)48(34-63)76-60)79-61-58(55(70)52(67)49(35-64)77-61)78-59-56(71)53(68)50(65)47(33-62)75-59/h38-71H,11-37H2,1-10H3/t40?,41?,42?,43?,44?,45?,46?,47-,48-,49-,50-,51-,52-,53+,54+,55+,56+,57+,58+,59-,60+,61-/m1/s1. The lowest BCUT2D eigenvalue weighted by molar-refractivity contribution is -0.394. The molecule has 3 aliphatic heterocycles. The molecule has 18 heteroatoms. The zero-order valence-electron chi connectivity index (χ0n) is 50.7. The van der Waals surface area contributed by atoms with E-state index in [1.54, 1.807) is 0 Å². The Morgan fingerprint density at radius 1 is 0.342 bits per heavy atom. The molecule has 22 atom stereocenters. The molecule has 3 heterocycles. The van der Waals surface area contributed by atoms with Gasteiger partial charge in [0.15, 0.2) is 18.9 Å². The molecule has 0 amide bonds. The lowest BCUT2D eigenvalue weighted by Gasteiger charge is -2.48. The first-order valence-corrected chi connectivity index (χ1v) is 31.3. The third-order valence-electron chi connectivity index (χ3n) is 17.1. The minimum absolute atomic E-state index is 0.130. The van der Waals surface area contributed by atoms with Gasteiger partial charge in [-0.3, -0.25) is 0 Å². The Balaban J connectivity index is 1.65. The Morgan fingerprint density at radius 3 is 1.08 bits per heavy atom. The van der Waals surface area contributed by atoms with Gasteiger partial charge in [-0.25, -0.2) is 0 Å². The van der Waals surface area contributed by atoms with Crippen molar-refractivity contribution < 1.29 is 89.0 Å². The largest absolute Gasteiger partial charge is 0.394 e. The first-order valence-electron chi connectivity index (χ1n) is 31.3. The van der Waals surface area contributed by atoms with Gasteiger partial charge in [0.05, 0.1) is 33.0 Å². The smallest absolute Gasteiger partial charge is 0.187 e. The van der Waals surface area contributed by atoms with Crippen molar-refractivity contribution in [2.24, 2.45) is 47.3 Å². The molecule has 79 heavy (non-hydrogen) atoms. The van der Waals surface area contributed by atoms with Crippen molar-refractivity contribution in [1.82, 2.24) is 0 Å². The van der Waals surface area contributed by atoms with Crippen LogP contribution in [0.25, 0.3) is 0 Å². The van der Waals surface area contributed by atoms with E-state index in [0.717, 1.165) is 55.8 Å². The molecule has 0 aliphatic carbocycles. The van der Waals surface area contributed by atoms with Gasteiger partial charge >= 0.3 is 0 Å². The van der Waals surface area contributed by atoms with Crippen LogP contribution in [0.1, 0.15) is 198 Å². The van der Waals surface area contributed by atoms with Crippen molar-refractivity contribution in [3.63, 3.8) is 0 Å². The summed E-state index contributed by atoms with van der Waals surface area (Å²) in [5, 5.41) is 106. The lowest BCUT2D eigenvalue weighted by Crippen LogP contribution is -2.67. The molecule has 0 spiro atoms. The van der Waals surface area contributed by atoms with Crippen molar-refractivity contribution in [3.8, 4) is 0 Å². The third-order valence-corrected chi connectivity index (χ3v) is 17.1. The molecule has 7 unspecified atom stereocenters. The van der Waals surface area contributed by atoms with Crippen LogP contribution in [0.5, 0.6) is 0 Å². The Bertz CT molecular complexity index is 1500. The number of hydrogen-bond donors (Lipinski definition) is 10. The van der Waals surface area contributed by atoms with Crippen LogP contribution in [0.4, 0.5) is 0 Å². The molecule has 0 bridgehead atoms. The number of rotatable bonds is 43. The molecule has 3 fully saturated rings. The molecule has 0 aromatic carbocycles. The zero-order valence-corrected chi connectivity index (χ0v) is 50.7. The Labute approximate surface area is 476 Å². The van der Waals surface area contributed by atoms with Gasteiger partial charge in [0.1, 0.15) is 79.4 Å². The topological polar surface area (TPSA) is 276 Å². The van der Waals surface area contributed by atoms with E-state index in [1.165, 1.54) is 96.3 Å². The highest BCUT2D eigenvalue weighted by Gasteiger charge is 2.54. The molecule has 0 saturated carbocycles. The van der Waals surface area contributed by atoms with Crippen LogP contribution in [-0.4, -0.2) is 196 Å². The highest BCUT2D eigenvalue weighted by atomic mass is 16.8. The monoisotopic (exact) mass is 1140 g/mol. The predicted molar refractivity (Wildman–Crippen MR) is 303 cm³/mol. The van der Waals surface area contributed by atoms with Gasteiger partial charge < -0.3 is 89.0 Å². The van der Waals surface area contributed by atoms with E-state index >= 15 is 0 Å². The quantitative estimate of drug-likeness (QED) is 0.0282. The number of aliphatic hydroxyl groups is 10. The molecular weight excluding hydrogens is 1020 g/mol. The van der Waals surface area contributed by atoms with Gasteiger partial charge in [-0.2, -0.15) is 0 Å². The summed E-state index contributed by atoms with van der Waals surface area (Å²) in [7, 11) is 0. The van der Waals surface area contributed by atoms with Crippen molar-refractivity contribution in [1.29, 1.82) is 0 Å². The van der Waals surface area contributed by atoms with Gasteiger partial charge in [-0.15, -0.1) is 0 Å². The maximum atomic E-state index is 11.5. The number of ether oxygens (including phenoxy) is 8.